The number of hydrogen-bond donors (Lipinski definition) is 3. The van der Waals surface area contributed by atoms with Crippen LogP contribution in [0, 0.1) is 6.92 Å². The lowest BCUT2D eigenvalue weighted by molar-refractivity contribution is 0.211. The molecule has 0 aliphatic heterocycles. The lowest BCUT2D eigenvalue weighted by atomic mass is 10.2. The molecule has 96 valence electrons. The highest BCUT2D eigenvalue weighted by atomic mass is 16.5. The molecule has 0 bridgehead atoms. The zero-order chi connectivity index (χ0) is 13.4. The van der Waals surface area contributed by atoms with Gasteiger partial charge in [-0.3, -0.25) is 5.10 Å². The summed E-state index contributed by atoms with van der Waals surface area (Å²) in [5.41, 5.74) is 8.10. The largest absolute Gasteiger partial charge is 0.410 e. The average Bonchev–Trinajstić information content (AvgIpc) is 2.94. The van der Waals surface area contributed by atoms with Gasteiger partial charge in [0.05, 0.1) is 17.3 Å². The minimum atomic E-state index is -0.864. The summed E-state index contributed by atoms with van der Waals surface area (Å²) in [5.74, 6) is 0.982. The van der Waals surface area contributed by atoms with Gasteiger partial charge in [-0.15, -0.1) is 0 Å². The Bertz CT molecular complexity index is 758. The van der Waals surface area contributed by atoms with Gasteiger partial charge in [-0.25, -0.2) is 9.78 Å². The fraction of sp³-hybridized carbons (Fsp3) is 0.0833. The molecule has 2 aromatic heterocycles. The van der Waals surface area contributed by atoms with Crippen LogP contribution in [0.4, 0.5) is 4.79 Å². The van der Waals surface area contributed by atoms with Gasteiger partial charge in [-0.05, 0) is 19.1 Å². The number of aryl methyl sites for hydroxylation is 1. The van der Waals surface area contributed by atoms with Crippen molar-refractivity contribution in [1.82, 2.24) is 20.2 Å². The van der Waals surface area contributed by atoms with E-state index in [4.69, 9.17) is 10.5 Å². The smallest absolute Gasteiger partial charge is 0.408 e. The predicted molar refractivity (Wildman–Crippen MR) is 68.6 cm³/mol. The molecule has 0 aliphatic carbocycles. The van der Waals surface area contributed by atoms with E-state index >= 15 is 0 Å². The number of amides is 1. The van der Waals surface area contributed by atoms with Crippen LogP contribution in [0.3, 0.4) is 0 Å². The highest BCUT2D eigenvalue weighted by Gasteiger charge is 2.13. The molecule has 0 atom stereocenters. The summed E-state index contributed by atoms with van der Waals surface area (Å²) in [6.45, 7) is 1.90. The summed E-state index contributed by atoms with van der Waals surface area (Å²) in [4.78, 5) is 18.4. The Hall–Kier alpha value is -2.83. The number of fused-ring (bicyclic) bond motifs is 1. The van der Waals surface area contributed by atoms with E-state index in [1.807, 2.05) is 13.0 Å². The van der Waals surface area contributed by atoms with E-state index in [0.717, 1.165) is 16.8 Å². The lowest BCUT2D eigenvalue weighted by Crippen LogP contribution is -2.16. The maximum atomic E-state index is 10.8. The van der Waals surface area contributed by atoms with Gasteiger partial charge in [-0.1, -0.05) is 6.07 Å². The first kappa shape index (κ1) is 11.3. The van der Waals surface area contributed by atoms with Crippen LogP contribution in [0.2, 0.25) is 0 Å². The number of imidazole rings is 1. The highest BCUT2D eigenvalue weighted by Crippen LogP contribution is 2.27. The third-order valence-corrected chi connectivity index (χ3v) is 2.77. The quantitative estimate of drug-likeness (QED) is 0.649. The normalized spacial score (nSPS) is 10.8. The Morgan fingerprint density at radius 1 is 1.42 bits per heavy atom. The van der Waals surface area contributed by atoms with Crippen LogP contribution >= 0.6 is 0 Å². The molecule has 7 nitrogen and oxygen atoms in total. The number of aromatic amines is 2. The Balaban J connectivity index is 2.15. The van der Waals surface area contributed by atoms with Gasteiger partial charge in [0.25, 0.3) is 0 Å². The number of carbonyl (C=O) groups is 1. The van der Waals surface area contributed by atoms with E-state index in [1.165, 1.54) is 0 Å². The second-order valence-electron chi connectivity index (χ2n) is 4.07. The number of nitrogens with one attached hydrogen (secondary N) is 2. The molecule has 1 amide bonds. The first-order valence-corrected chi connectivity index (χ1v) is 5.61. The highest BCUT2D eigenvalue weighted by molar-refractivity contribution is 5.87. The summed E-state index contributed by atoms with van der Waals surface area (Å²) in [6, 6.07) is 5.24. The molecular weight excluding hydrogens is 246 g/mol. The summed E-state index contributed by atoms with van der Waals surface area (Å²) in [7, 11) is 0. The number of nitrogens with two attached hydrogens (primary N) is 1. The number of benzene rings is 1. The molecule has 2 heterocycles. The first-order valence-electron chi connectivity index (χ1n) is 5.61. The molecule has 0 fully saturated rings. The van der Waals surface area contributed by atoms with E-state index < -0.39 is 6.09 Å². The maximum Gasteiger partial charge on any atom is 0.410 e. The maximum absolute atomic E-state index is 10.8. The lowest BCUT2D eigenvalue weighted by Gasteiger charge is -1.99. The van der Waals surface area contributed by atoms with E-state index in [2.05, 4.69) is 20.2 Å². The number of nitrogens with zero attached hydrogens (tertiary/aromatic N) is 2. The van der Waals surface area contributed by atoms with E-state index in [0.29, 0.717) is 17.1 Å². The minimum Gasteiger partial charge on any atom is -0.408 e. The van der Waals surface area contributed by atoms with Crippen molar-refractivity contribution in [3.8, 4) is 17.1 Å². The Morgan fingerprint density at radius 3 is 2.95 bits per heavy atom. The number of carbonyl (C=O) groups excluding carboxylic acids is 1. The van der Waals surface area contributed by atoms with Gasteiger partial charge in [-0.2, -0.15) is 5.10 Å². The molecule has 19 heavy (non-hydrogen) atoms. The number of aromatic nitrogens is 4. The molecule has 0 aliphatic rings. The van der Waals surface area contributed by atoms with Crippen LogP contribution < -0.4 is 10.5 Å². The number of H-pyrrole nitrogens is 2. The fourth-order valence-corrected chi connectivity index (χ4v) is 1.91. The number of ether oxygens (including phenoxy) is 1. The second-order valence-corrected chi connectivity index (χ2v) is 4.07. The van der Waals surface area contributed by atoms with Crippen molar-refractivity contribution in [2.45, 2.75) is 6.92 Å². The van der Waals surface area contributed by atoms with Crippen molar-refractivity contribution >= 4 is 17.1 Å². The van der Waals surface area contributed by atoms with Crippen molar-refractivity contribution in [3.63, 3.8) is 0 Å². The van der Waals surface area contributed by atoms with Crippen LogP contribution in [0.5, 0.6) is 5.75 Å². The molecule has 0 unspecified atom stereocenters. The van der Waals surface area contributed by atoms with Crippen molar-refractivity contribution < 1.29 is 9.53 Å². The standard InChI is InChI=1S/C12H11N5O2/c1-6-7(5-14-17-6)11-15-8-3-2-4-9(10(8)16-11)19-12(13)18/h2-5H,1H3,(H2,13,18)(H,14,17)(H,15,16). The minimum absolute atomic E-state index is 0.327. The third kappa shape index (κ3) is 1.90. The zero-order valence-electron chi connectivity index (χ0n) is 10.1. The molecule has 0 radical (unpaired) electrons. The second kappa shape index (κ2) is 4.13. The fourth-order valence-electron chi connectivity index (χ4n) is 1.91. The molecule has 0 saturated heterocycles. The summed E-state index contributed by atoms with van der Waals surface area (Å²) in [6.07, 6.45) is 0.818. The molecule has 0 spiro atoms. The van der Waals surface area contributed by atoms with Crippen molar-refractivity contribution in [1.29, 1.82) is 0 Å². The van der Waals surface area contributed by atoms with Gasteiger partial charge >= 0.3 is 6.09 Å². The zero-order valence-corrected chi connectivity index (χ0v) is 10.1. The molecule has 0 saturated carbocycles. The van der Waals surface area contributed by atoms with Crippen LogP contribution in [-0.2, 0) is 0 Å². The number of rotatable bonds is 2. The topological polar surface area (TPSA) is 110 Å². The molecule has 4 N–H and O–H groups in total. The molecule has 3 rings (SSSR count). The number of para-hydroxylation sites is 1. The van der Waals surface area contributed by atoms with Crippen LogP contribution in [0.15, 0.2) is 24.4 Å². The molecule has 3 aromatic rings. The SMILES string of the molecule is Cc1[nH]ncc1-c1nc2c(OC(N)=O)cccc2[nH]1. The van der Waals surface area contributed by atoms with Crippen LogP contribution in [0.25, 0.3) is 22.4 Å². The van der Waals surface area contributed by atoms with Crippen molar-refractivity contribution in [2.24, 2.45) is 5.73 Å². The predicted octanol–water partition coefficient (Wildman–Crippen LogP) is 1.72. The summed E-state index contributed by atoms with van der Waals surface area (Å²) < 4.78 is 4.92. The van der Waals surface area contributed by atoms with E-state index in [1.54, 1.807) is 18.3 Å². The Morgan fingerprint density at radius 2 is 2.26 bits per heavy atom. The van der Waals surface area contributed by atoms with Crippen molar-refractivity contribution in [3.05, 3.63) is 30.1 Å². The van der Waals surface area contributed by atoms with Gasteiger partial charge in [0.15, 0.2) is 5.75 Å². The molecule has 7 heteroatoms. The number of primary amides is 1. The first-order chi connectivity index (χ1) is 9.15. The van der Waals surface area contributed by atoms with E-state index in [-0.39, 0.29) is 0 Å². The van der Waals surface area contributed by atoms with Gasteiger partial charge in [0.2, 0.25) is 0 Å². The third-order valence-electron chi connectivity index (χ3n) is 2.77. The summed E-state index contributed by atoms with van der Waals surface area (Å²) in [5, 5.41) is 6.79. The average molecular weight is 257 g/mol. The monoisotopic (exact) mass is 257 g/mol. The Kier molecular flexibility index (Phi) is 2.45. The molecular formula is C12H11N5O2. The van der Waals surface area contributed by atoms with Gasteiger partial charge in [0, 0.05) is 5.69 Å². The number of hydrogen-bond acceptors (Lipinski definition) is 4. The van der Waals surface area contributed by atoms with Gasteiger partial charge < -0.3 is 15.5 Å². The Labute approximate surface area is 107 Å². The van der Waals surface area contributed by atoms with E-state index in [9.17, 15) is 4.79 Å². The van der Waals surface area contributed by atoms with Crippen LogP contribution in [0.1, 0.15) is 5.69 Å². The van der Waals surface area contributed by atoms with Crippen LogP contribution in [-0.4, -0.2) is 26.3 Å². The van der Waals surface area contributed by atoms with Crippen molar-refractivity contribution in [2.75, 3.05) is 0 Å². The molecule has 1 aromatic carbocycles. The van der Waals surface area contributed by atoms with Gasteiger partial charge in [0.1, 0.15) is 11.3 Å². The summed E-state index contributed by atoms with van der Waals surface area (Å²) >= 11 is 0.